The number of amides is 2. The van der Waals surface area contributed by atoms with Crippen molar-refractivity contribution in [3.05, 3.63) is 65.0 Å². The summed E-state index contributed by atoms with van der Waals surface area (Å²) >= 11 is 0. The number of benzene rings is 1. The van der Waals surface area contributed by atoms with Crippen molar-refractivity contribution in [2.24, 2.45) is 0 Å². The van der Waals surface area contributed by atoms with E-state index in [4.69, 9.17) is 0 Å². The van der Waals surface area contributed by atoms with Crippen molar-refractivity contribution in [3.63, 3.8) is 0 Å². The van der Waals surface area contributed by atoms with Crippen LogP contribution in [0.15, 0.2) is 42.6 Å². The van der Waals surface area contributed by atoms with Gasteiger partial charge in [0.05, 0.1) is 0 Å². The second kappa shape index (κ2) is 7.47. The molecule has 5 nitrogen and oxygen atoms in total. The van der Waals surface area contributed by atoms with E-state index in [9.17, 15) is 9.59 Å². The second-order valence-electron chi connectivity index (χ2n) is 6.32. The van der Waals surface area contributed by atoms with E-state index in [0.717, 1.165) is 12.1 Å². The Balaban J connectivity index is 1.61. The normalized spacial score (nSPS) is 14.5. The summed E-state index contributed by atoms with van der Waals surface area (Å²) in [5, 5.41) is 0. The van der Waals surface area contributed by atoms with Crippen LogP contribution in [-0.2, 0) is 6.42 Å². The molecule has 0 radical (unpaired) electrons. The highest BCUT2D eigenvalue weighted by molar-refractivity contribution is 5.96. The minimum atomic E-state index is 0.00453. The molecule has 2 aromatic rings. The number of piperazine rings is 1. The molecule has 1 aromatic carbocycles. The summed E-state index contributed by atoms with van der Waals surface area (Å²) in [7, 11) is 0. The first-order valence-electron chi connectivity index (χ1n) is 8.68. The van der Waals surface area contributed by atoms with Gasteiger partial charge >= 0.3 is 0 Å². The Bertz CT molecular complexity index is 763. The summed E-state index contributed by atoms with van der Waals surface area (Å²) in [6.45, 7) is 6.20. The van der Waals surface area contributed by atoms with Gasteiger partial charge in [-0.3, -0.25) is 14.6 Å². The fraction of sp³-hybridized carbons (Fsp3) is 0.350. The molecule has 0 unspecified atom stereocenters. The topological polar surface area (TPSA) is 53.5 Å². The number of pyridine rings is 1. The molecule has 25 heavy (non-hydrogen) atoms. The van der Waals surface area contributed by atoms with E-state index in [1.165, 1.54) is 5.56 Å². The first-order chi connectivity index (χ1) is 12.1. The average Bonchev–Trinajstić information content (AvgIpc) is 2.67. The van der Waals surface area contributed by atoms with Crippen LogP contribution in [-0.4, -0.2) is 52.8 Å². The number of carbonyl (C=O) groups excluding carboxylic acids is 2. The van der Waals surface area contributed by atoms with Crippen LogP contribution in [0.2, 0.25) is 0 Å². The van der Waals surface area contributed by atoms with Gasteiger partial charge in [-0.1, -0.05) is 19.1 Å². The lowest BCUT2D eigenvalue weighted by Crippen LogP contribution is -2.50. The summed E-state index contributed by atoms with van der Waals surface area (Å²) in [4.78, 5) is 32.9. The molecule has 0 aliphatic carbocycles. The first kappa shape index (κ1) is 17.1. The van der Waals surface area contributed by atoms with Gasteiger partial charge in [-0.2, -0.15) is 0 Å². The maximum Gasteiger partial charge on any atom is 0.254 e. The Hall–Kier alpha value is -2.69. The highest BCUT2D eigenvalue weighted by Gasteiger charge is 2.25. The van der Waals surface area contributed by atoms with Gasteiger partial charge in [0.2, 0.25) is 0 Å². The van der Waals surface area contributed by atoms with Crippen LogP contribution in [0.25, 0.3) is 0 Å². The van der Waals surface area contributed by atoms with Crippen LogP contribution in [0.1, 0.15) is 38.9 Å². The average molecular weight is 337 g/mol. The lowest BCUT2D eigenvalue weighted by atomic mass is 10.1. The maximum atomic E-state index is 12.6. The monoisotopic (exact) mass is 337 g/mol. The van der Waals surface area contributed by atoms with Gasteiger partial charge in [-0.15, -0.1) is 0 Å². The SMILES string of the molecule is CCc1ccc(C(=O)N2CCN(C(=O)c3ccnc(C)c3)CC2)cc1. The van der Waals surface area contributed by atoms with Crippen LogP contribution >= 0.6 is 0 Å². The number of aryl methyl sites for hydroxylation is 2. The molecule has 130 valence electrons. The van der Waals surface area contributed by atoms with Gasteiger partial charge in [-0.05, 0) is 43.2 Å². The predicted molar refractivity (Wildman–Crippen MR) is 96.6 cm³/mol. The Morgan fingerprint density at radius 2 is 1.48 bits per heavy atom. The lowest BCUT2D eigenvalue weighted by molar-refractivity contribution is 0.0535. The number of aromatic nitrogens is 1. The molecule has 0 atom stereocenters. The van der Waals surface area contributed by atoms with Crippen LogP contribution in [0.4, 0.5) is 0 Å². The van der Waals surface area contributed by atoms with Crippen molar-refractivity contribution >= 4 is 11.8 Å². The predicted octanol–water partition coefficient (Wildman–Crippen LogP) is 2.55. The highest BCUT2D eigenvalue weighted by atomic mass is 16.2. The standard InChI is InChI=1S/C20H23N3O2/c1-3-16-4-6-17(7-5-16)19(24)22-10-12-23(13-11-22)20(25)18-8-9-21-15(2)14-18/h4-9,14H,3,10-13H2,1-2H3. The number of nitrogens with zero attached hydrogens (tertiary/aromatic N) is 3. The van der Waals surface area contributed by atoms with Crippen LogP contribution in [0.3, 0.4) is 0 Å². The Morgan fingerprint density at radius 1 is 0.920 bits per heavy atom. The number of hydrogen-bond donors (Lipinski definition) is 0. The Morgan fingerprint density at radius 3 is 2.00 bits per heavy atom. The lowest BCUT2D eigenvalue weighted by Gasteiger charge is -2.35. The minimum Gasteiger partial charge on any atom is -0.335 e. The molecule has 2 amide bonds. The van der Waals surface area contributed by atoms with Gasteiger partial charge in [-0.25, -0.2) is 0 Å². The van der Waals surface area contributed by atoms with Crippen molar-refractivity contribution < 1.29 is 9.59 Å². The number of carbonyl (C=O) groups is 2. The summed E-state index contributed by atoms with van der Waals surface area (Å²) in [6, 6.07) is 11.3. The zero-order valence-corrected chi connectivity index (χ0v) is 14.7. The third-order valence-electron chi connectivity index (χ3n) is 4.61. The maximum absolute atomic E-state index is 12.6. The molecular weight excluding hydrogens is 314 g/mol. The van der Waals surface area contributed by atoms with E-state index in [1.807, 2.05) is 36.1 Å². The molecule has 0 saturated carbocycles. The van der Waals surface area contributed by atoms with E-state index in [0.29, 0.717) is 37.3 Å². The number of rotatable bonds is 3. The fourth-order valence-electron chi connectivity index (χ4n) is 3.04. The second-order valence-corrected chi connectivity index (χ2v) is 6.32. The van der Waals surface area contributed by atoms with Crippen molar-refractivity contribution in [3.8, 4) is 0 Å². The van der Waals surface area contributed by atoms with Crippen LogP contribution < -0.4 is 0 Å². The fourth-order valence-corrected chi connectivity index (χ4v) is 3.04. The van der Waals surface area contributed by atoms with Crippen LogP contribution in [0.5, 0.6) is 0 Å². The largest absolute Gasteiger partial charge is 0.335 e. The molecule has 1 fully saturated rings. The van der Waals surface area contributed by atoms with Crippen molar-refractivity contribution in [1.29, 1.82) is 0 Å². The third-order valence-corrected chi connectivity index (χ3v) is 4.61. The van der Waals surface area contributed by atoms with Crippen LogP contribution in [0, 0.1) is 6.92 Å². The van der Waals surface area contributed by atoms with Crippen molar-refractivity contribution in [2.45, 2.75) is 20.3 Å². The van der Waals surface area contributed by atoms with Gasteiger partial charge < -0.3 is 9.80 Å². The smallest absolute Gasteiger partial charge is 0.254 e. The zero-order chi connectivity index (χ0) is 17.8. The van der Waals surface area contributed by atoms with Gasteiger partial charge in [0.15, 0.2) is 0 Å². The molecular formula is C20H23N3O2. The van der Waals surface area contributed by atoms with E-state index < -0.39 is 0 Å². The third kappa shape index (κ3) is 3.87. The molecule has 1 aromatic heterocycles. The molecule has 0 spiro atoms. The Labute approximate surface area is 148 Å². The summed E-state index contributed by atoms with van der Waals surface area (Å²) in [5.74, 6) is 0.0411. The quantitative estimate of drug-likeness (QED) is 0.865. The molecule has 3 rings (SSSR count). The van der Waals surface area contributed by atoms with E-state index in [-0.39, 0.29) is 11.8 Å². The van der Waals surface area contributed by atoms with Gasteiger partial charge in [0.25, 0.3) is 11.8 Å². The molecule has 5 heteroatoms. The molecule has 0 bridgehead atoms. The van der Waals surface area contributed by atoms with Crippen molar-refractivity contribution in [2.75, 3.05) is 26.2 Å². The Kier molecular flexibility index (Phi) is 5.12. The number of hydrogen-bond acceptors (Lipinski definition) is 3. The molecule has 1 aliphatic rings. The van der Waals surface area contributed by atoms with Gasteiger partial charge in [0.1, 0.15) is 0 Å². The summed E-state index contributed by atoms with van der Waals surface area (Å²) in [6.07, 6.45) is 2.62. The highest BCUT2D eigenvalue weighted by Crippen LogP contribution is 2.13. The summed E-state index contributed by atoms with van der Waals surface area (Å²) in [5.41, 5.74) is 3.42. The molecule has 0 N–H and O–H groups in total. The molecule has 1 aliphatic heterocycles. The molecule has 1 saturated heterocycles. The zero-order valence-electron chi connectivity index (χ0n) is 14.7. The first-order valence-corrected chi connectivity index (χ1v) is 8.68. The van der Waals surface area contributed by atoms with Crippen molar-refractivity contribution in [1.82, 2.24) is 14.8 Å². The summed E-state index contributed by atoms with van der Waals surface area (Å²) < 4.78 is 0. The van der Waals surface area contributed by atoms with Gasteiger partial charge in [0, 0.05) is 49.2 Å². The van der Waals surface area contributed by atoms with E-state index in [2.05, 4.69) is 11.9 Å². The minimum absolute atomic E-state index is 0.00453. The van der Waals surface area contributed by atoms with E-state index >= 15 is 0 Å². The van der Waals surface area contributed by atoms with E-state index in [1.54, 1.807) is 23.2 Å². The molecule has 2 heterocycles.